The molecule has 1 N–H and O–H groups in total. The van der Waals surface area contributed by atoms with Gasteiger partial charge in [-0.05, 0) is 55.2 Å². The minimum Gasteiger partial charge on any atom is -0.423 e. The minimum absolute atomic E-state index is 0.135. The van der Waals surface area contributed by atoms with Gasteiger partial charge in [0.25, 0.3) is 5.89 Å². The average Bonchev–Trinajstić information content (AvgIpc) is 3.31. The molecular weight excluding hydrogens is 482 g/mol. The van der Waals surface area contributed by atoms with Crippen LogP contribution < -0.4 is 10.5 Å². The van der Waals surface area contributed by atoms with E-state index in [1.165, 1.54) is 25.1 Å². The van der Waals surface area contributed by atoms with Gasteiger partial charge in [0.05, 0.1) is 0 Å². The van der Waals surface area contributed by atoms with E-state index in [2.05, 4.69) is 10.2 Å². The third-order valence-electron chi connectivity index (χ3n) is 5.93. The molecule has 4 aromatic rings. The molecule has 0 aliphatic heterocycles. The molecule has 0 saturated carbocycles. The Kier molecular flexibility index (Phi) is 6.61. The van der Waals surface area contributed by atoms with Crippen molar-refractivity contribution in [2.24, 2.45) is 0 Å². The van der Waals surface area contributed by atoms with Gasteiger partial charge in [-0.3, -0.25) is 0 Å². The number of fused-ring (bicyclic) bond motifs is 1. The number of hydrogen-bond acceptors (Lipinski definition) is 7. The summed E-state index contributed by atoms with van der Waals surface area (Å²) in [6.07, 6.45) is -5.69. The van der Waals surface area contributed by atoms with E-state index < -0.39 is 35.5 Å². The van der Waals surface area contributed by atoms with Gasteiger partial charge in [-0.1, -0.05) is 36.3 Å². The highest BCUT2D eigenvalue weighted by Crippen LogP contribution is 2.41. The molecule has 4 rings (SSSR count). The number of benzene rings is 2. The molecule has 0 saturated heterocycles. The Morgan fingerprint density at radius 3 is 2.33 bits per heavy atom. The third kappa shape index (κ3) is 4.70. The van der Waals surface area contributed by atoms with E-state index in [1.807, 2.05) is 0 Å². The highest BCUT2D eigenvalue weighted by Gasteiger charge is 2.57. The number of anilines is 1. The summed E-state index contributed by atoms with van der Waals surface area (Å²) >= 11 is 0. The van der Waals surface area contributed by atoms with Crippen LogP contribution in [0.2, 0.25) is 0 Å². The number of nitrogens with zero attached hydrogens (tertiary/aromatic N) is 3. The fourth-order valence-electron chi connectivity index (χ4n) is 3.81. The maximum Gasteiger partial charge on any atom is 0.426 e. The summed E-state index contributed by atoms with van der Waals surface area (Å²) in [6.45, 7) is 4.87. The van der Waals surface area contributed by atoms with Gasteiger partial charge >= 0.3 is 17.8 Å². The van der Waals surface area contributed by atoms with Crippen LogP contribution in [0.15, 0.2) is 62.2 Å². The first-order valence-electron chi connectivity index (χ1n) is 11.2. The van der Waals surface area contributed by atoms with Gasteiger partial charge in [0.15, 0.2) is 0 Å². The van der Waals surface area contributed by atoms with Gasteiger partial charge in [-0.2, -0.15) is 13.2 Å². The van der Waals surface area contributed by atoms with Crippen molar-refractivity contribution in [2.75, 3.05) is 4.90 Å². The zero-order valence-electron chi connectivity index (χ0n) is 19.6. The van der Waals surface area contributed by atoms with Crippen molar-refractivity contribution in [3.05, 3.63) is 76.2 Å². The molecule has 190 valence electrons. The predicted octanol–water partition coefficient (Wildman–Crippen LogP) is 5.56. The van der Waals surface area contributed by atoms with Crippen molar-refractivity contribution in [2.45, 2.75) is 51.6 Å². The third-order valence-corrected chi connectivity index (χ3v) is 5.93. The van der Waals surface area contributed by atoms with Crippen molar-refractivity contribution >= 4 is 17.0 Å². The Bertz CT molecular complexity index is 1430. The van der Waals surface area contributed by atoms with Crippen LogP contribution >= 0.6 is 0 Å². The van der Waals surface area contributed by atoms with Crippen LogP contribution in [0.1, 0.15) is 38.6 Å². The monoisotopic (exact) mass is 505 g/mol. The summed E-state index contributed by atoms with van der Waals surface area (Å²) in [7, 11) is 0. The van der Waals surface area contributed by atoms with E-state index in [0.29, 0.717) is 22.1 Å². The lowest BCUT2D eigenvalue weighted by atomic mass is 10.0. The molecule has 1 atom stereocenters. The first kappa shape index (κ1) is 25.4. The molecule has 0 radical (unpaired) electrons. The molecule has 11 heteroatoms. The molecule has 0 aliphatic rings. The van der Waals surface area contributed by atoms with Crippen LogP contribution in [-0.2, 0) is 12.1 Å². The molecule has 2 heterocycles. The van der Waals surface area contributed by atoms with Gasteiger partial charge in [-0.15, -0.1) is 5.10 Å². The second-order valence-electron chi connectivity index (χ2n) is 8.64. The Morgan fingerprint density at radius 1 is 1.03 bits per heavy atom. The number of rotatable bonds is 7. The van der Waals surface area contributed by atoms with Crippen LogP contribution in [-0.4, -0.2) is 27.5 Å². The quantitative estimate of drug-likeness (QED) is 0.260. The van der Waals surface area contributed by atoms with Gasteiger partial charge in [-0.25, -0.2) is 9.18 Å². The number of aromatic nitrogens is 2. The van der Waals surface area contributed by atoms with Crippen LogP contribution in [0.25, 0.3) is 22.1 Å². The molecule has 2 aromatic heterocycles. The molecule has 0 amide bonds. The van der Waals surface area contributed by atoms with Crippen molar-refractivity contribution in [1.29, 1.82) is 0 Å². The molecule has 0 fully saturated rings. The molecular formula is C25H23F4N3O4. The molecule has 7 nitrogen and oxygen atoms in total. The molecule has 0 aliphatic carbocycles. The van der Waals surface area contributed by atoms with Crippen molar-refractivity contribution in [1.82, 2.24) is 10.2 Å². The second kappa shape index (κ2) is 9.38. The van der Waals surface area contributed by atoms with Gasteiger partial charge < -0.3 is 18.8 Å². The molecule has 36 heavy (non-hydrogen) atoms. The molecule has 1 unspecified atom stereocenters. The van der Waals surface area contributed by atoms with Crippen molar-refractivity contribution < 1.29 is 31.5 Å². The molecule has 0 bridgehead atoms. The first-order chi connectivity index (χ1) is 16.9. The lowest BCUT2D eigenvalue weighted by Crippen LogP contribution is -2.42. The Morgan fingerprint density at radius 2 is 1.72 bits per heavy atom. The van der Waals surface area contributed by atoms with Gasteiger partial charge in [0.2, 0.25) is 5.60 Å². The topological polar surface area (TPSA) is 92.6 Å². The van der Waals surface area contributed by atoms with E-state index in [1.54, 1.807) is 49.1 Å². The zero-order valence-corrected chi connectivity index (χ0v) is 19.6. The lowest BCUT2D eigenvalue weighted by Gasteiger charge is -2.26. The lowest BCUT2D eigenvalue weighted by molar-refractivity contribution is -0.275. The summed E-state index contributed by atoms with van der Waals surface area (Å²) < 4.78 is 64.3. The van der Waals surface area contributed by atoms with Crippen LogP contribution in [0.3, 0.4) is 0 Å². The van der Waals surface area contributed by atoms with Crippen molar-refractivity contribution in [3.63, 3.8) is 0 Å². The maximum atomic E-state index is 13.4. The summed E-state index contributed by atoms with van der Waals surface area (Å²) in [4.78, 5) is 13.8. The largest absolute Gasteiger partial charge is 0.426 e. The Balaban J connectivity index is 1.69. The summed E-state index contributed by atoms with van der Waals surface area (Å²) in [5.74, 6) is -1.34. The number of hydrogen-bond donors (Lipinski definition) is 1. The number of aliphatic hydroxyl groups is 1. The first-order valence-corrected chi connectivity index (χ1v) is 11.2. The van der Waals surface area contributed by atoms with E-state index >= 15 is 0 Å². The Labute approximate surface area is 203 Å². The average molecular weight is 505 g/mol. The SMILES string of the molecule is CCC(O)(c1nnc(N(Cc2ccc3c(-c4ccc(F)cc4)cc(=O)oc3c2)C(C)C)o1)C(F)(F)F. The van der Waals surface area contributed by atoms with Crippen molar-refractivity contribution in [3.8, 4) is 11.1 Å². The summed E-state index contributed by atoms with van der Waals surface area (Å²) in [5.41, 5.74) is -1.71. The fraction of sp³-hybridized carbons (Fsp3) is 0.320. The van der Waals surface area contributed by atoms with E-state index in [9.17, 15) is 27.5 Å². The highest BCUT2D eigenvalue weighted by atomic mass is 19.4. The zero-order chi connectivity index (χ0) is 26.3. The Hall–Kier alpha value is -3.73. The number of halogens is 4. The van der Waals surface area contributed by atoms with Gasteiger partial charge in [0.1, 0.15) is 11.4 Å². The highest BCUT2D eigenvalue weighted by molar-refractivity contribution is 5.93. The standard InChI is InChI=1S/C25H23F4N3O4/c1-4-24(34,25(27,28)29)22-30-31-23(36-22)32(14(2)3)13-15-5-10-18-19(12-21(33)35-20(18)11-15)16-6-8-17(26)9-7-16/h5-12,14,34H,4,13H2,1-3H3. The number of alkyl halides is 3. The van der Waals surface area contributed by atoms with Crippen LogP contribution in [0.4, 0.5) is 23.6 Å². The van der Waals surface area contributed by atoms with Crippen LogP contribution in [0, 0.1) is 5.82 Å². The summed E-state index contributed by atoms with van der Waals surface area (Å²) in [6, 6.07) is 11.7. The summed E-state index contributed by atoms with van der Waals surface area (Å²) in [5, 5.41) is 18.0. The molecule has 0 spiro atoms. The van der Waals surface area contributed by atoms with Gasteiger partial charge in [0, 0.05) is 24.0 Å². The minimum atomic E-state index is -4.99. The van der Waals surface area contributed by atoms with E-state index in [4.69, 9.17) is 8.83 Å². The maximum absolute atomic E-state index is 13.4. The normalized spacial score (nSPS) is 13.8. The predicted molar refractivity (Wildman–Crippen MR) is 124 cm³/mol. The smallest absolute Gasteiger partial charge is 0.423 e. The van der Waals surface area contributed by atoms with Crippen LogP contribution in [0.5, 0.6) is 0 Å². The fourth-order valence-corrected chi connectivity index (χ4v) is 3.81. The van der Waals surface area contributed by atoms with E-state index in [-0.39, 0.29) is 24.2 Å². The second-order valence-corrected chi connectivity index (χ2v) is 8.64. The molecule has 2 aromatic carbocycles. The van der Waals surface area contributed by atoms with E-state index in [0.717, 1.165) is 0 Å².